The molecule has 0 bridgehead atoms. The normalized spacial score (nSPS) is 23.0. The van der Waals surface area contributed by atoms with Gasteiger partial charge in [0.1, 0.15) is 11.5 Å². The summed E-state index contributed by atoms with van der Waals surface area (Å²) < 4.78 is 17.4. The number of rotatable bonds is 7. The number of benzene rings is 2. The summed E-state index contributed by atoms with van der Waals surface area (Å²) in [5, 5.41) is 7.38. The van der Waals surface area contributed by atoms with Gasteiger partial charge in [-0.1, -0.05) is 12.1 Å². The third-order valence-electron chi connectivity index (χ3n) is 6.58. The van der Waals surface area contributed by atoms with E-state index in [1.807, 2.05) is 54.7 Å². The summed E-state index contributed by atoms with van der Waals surface area (Å²) in [6.45, 7) is 0.976. The quantitative estimate of drug-likeness (QED) is 0.495. The molecule has 2 aromatic carbocycles. The number of hydrogen-bond acceptors (Lipinski definition) is 7. The number of anilines is 1. The first kappa shape index (κ1) is 22.6. The molecule has 8 heteroatoms. The summed E-state index contributed by atoms with van der Waals surface area (Å²) in [6.07, 6.45) is 3.71. The second-order valence-corrected chi connectivity index (χ2v) is 8.87. The Morgan fingerprint density at radius 1 is 1.24 bits per heavy atom. The molecule has 5 rings (SSSR count). The molecule has 1 aromatic heterocycles. The number of ether oxygens (including phenoxy) is 3. The van der Waals surface area contributed by atoms with E-state index < -0.39 is 6.10 Å². The van der Waals surface area contributed by atoms with Crippen LogP contribution in [0.25, 0.3) is 10.9 Å². The minimum Gasteiger partial charge on any atom is -0.497 e. The maximum Gasteiger partial charge on any atom is 0.266 e. The molecular weight excluding hydrogens is 432 g/mol. The highest BCUT2D eigenvalue weighted by Crippen LogP contribution is 2.29. The minimum atomic E-state index is -0.563. The Morgan fingerprint density at radius 3 is 2.94 bits per heavy atom. The largest absolute Gasteiger partial charge is 0.497 e. The van der Waals surface area contributed by atoms with Crippen molar-refractivity contribution in [2.45, 2.75) is 43.6 Å². The zero-order chi connectivity index (χ0) is 23.5. The van der Waals surface area contributed by atoms with Crippen molar-refractivity contribution in [3.05, 3.63) is 60.3 Å². The van der Waals surface area contributed by atoms with Crippen molar-refractivity contribution < 1.29 is 19.0 Å². The lowest BCUT2D eigenvalue weighted by Crippen LogP contribution is -2.51. The lowest BCUT2D eigenvalue weighted by molar-refractivity contribution is -0.123. The Morgan fingerprint density at radius 2 is 2.12 bits per heavy atom. The standard InChI is InChI=1S/C26H30N4O4/c1-32-18-7-8-21-19(13-18)16(10-11-28-21)12-20(27)23-9-6-17(15-33-23)29-14-25-26(31)30-22-4-2-3-5-24(22)34-25/h2-5,7-8,10-11,13,17,20,23,25,29H,6,9,12,14-15,27H2,1H3,(H,30,31)/t17-,20+,23+,25?/m1/s1. The number of methoxy groups -OCH3 is 1. The Balaban J connectivity index is 1.13. The van der Waals surface area contributed by atoms with Crippen LogP contribution in [0.3, 0.4) is 0 Å². The van der Waals surface area contributed by atoms with Gasteiger partial charge in [0, 0.05) is 30.2 Å². The van der Waals surface area contributed by atoms with Crippen LogP contribution in [0.1, 0.15) is 18.4 Å². The fraction of sp³-hybridized carbons (Fsp3) is 0.385. The van der Waals surface area contributed by atoms with E-state index in [0.717, 1.165) is 35.1 Å². The molecule has 8 nitrogen and oxygen atoms in total. The van der Waals surface area contributed by atoms with Crippen LogP contribution in [-0.4, -0.2) is 55.4 Å². The number of nitrogens with zero attached hydrogens (tertiary/aromatic N) is 1. The van der Waals surface area contributed by atoms with Crippen LogP contribution in [0.5, 0.6) is 11.5 Å². The Bertz CT molecular complexity index is 1160. The molecule has 34 heavy (non-hydrogen) atoms. The van der Waals surface area contributed by atoms with Gasteiger partial charge in [-0.2, -0.15) is 0 Å². The van der Waals surface area contributed by atoms with Crippen molar-refractivity contribution in [1.29, 1.82) is 0 Å². The van der Waals surface area contributed by atoms with Gasteiger partial charge in [0.25, 0.3) is 5.91 Å². The van der Waals surface area contributed by atoms with Gasteiger partial charge >= 0.3 is 0 Å². The maximum atomic E-state index is 12.3. The highest BCUT2D eigenvalue weighted by Gasteiger charge is 2.30. The molecule has 0 aliphatic carbocycles. The third kappa shape index (κ3) is 4.84. The summed E-state index contributed by atoms with van der Waals surface area (Å²) in [6, 6.07) is 15.4. The second kappa shape index (κ2) is 9.97. The second-order valence-electron chi connectivity index (χ2n) is 8.87. The van der Waals surface area contributed by atoms with E-state index in [-0.39, 0.29) is 24.1 Å². The van der Waals surface area contributed by atoms with E-state index in [9.17, 15) is 4.79 Å². The zero-order valence-electron chi connectivity index (χ0n) is 19.2. The number of hydrogen-bond donors (Lipinski definition) is 3. The zero-order valence-corrected chi connectivity index (χ0v) is 19.2. The van der Waals surface area contributed by atoms with Crippen LogP contribution >= 0.6 is 0 Å². The lowest BCUT2D eigenvalue weighted by Gasteiger charge is -2.34. The van der Waals surface area contributed by atoms with Gasteiger partial charge < -0.3 is 30.6 Å². The third-order valence-corrected chi connectivity index (χ3v) is 6.58. The number of nitrogens with two attached hydrogens (primary N) is 1. The lowest BCUT2D eigenvalue weighted by atomic mass is 9.94. The fourth-order valence-electron chi connectivity index (χ4n) is 4.64. The summed E-state index contributed by atoms with van der Waals surface area (Å²) in [5.74, 6) is 1.36. The molecule has 1 saturated heterocycles. The number of nitrogens with one attached hydrogen (secondary N) is 2. The smallest absolute Gasteiger partial charge is 0.266 e. The monoisotopic (exact) mass is 462 g/mol. The van der Waals surface area contributed by atoms with Crippen molar-refractivity contribution >= 4 is 22.5 Å². The fourth-order valence-corrected chi connectivity index (χ4v) is 4.64. The molecule has 2 aliphatic rings. The highest BCUT2D eigenvalue weighted by atomic mass is 16.5. The maximum absolute atomic E-state index is 12.3. The molecule has 0 radical (unpaired) electrons. The van der Waals surface area contributed by atoms with E-state index in [0.29, 0.717) is 31.0 Å². The van der Waals surface area contributed by atoms with Crippen molar-refractivity contribution in [3.8, 4) is 11.5 Å². The average Bonchev–Trinajstić information content (AvgIpc) is 2.87. The number of aromatic nitrogens is 1. The van der Waals surface area contributed by atoms with Crippen LogP contribution in [0, 0.1) is 0 Å². The predicted octanol–water partition coefficient (Wildman–Crippen LogP) is 2.65. The average molecular weight is 463 g/mol. The Labute approximate surface area is 198 Å². The predicted molar refractivity (Wildman–Crippen MR) is 130 cm³/mol. The molecule has 1 fully saturated rings. The van der Waals surface area contributed by atoms with Crippen LogP contribution in [0.2, 0.25) is 0 Å². The van der Waals surface area contributed by atoms with Gasteiger partial charge in [-0.05, 0) is 61.2 Å². The van der Waals surface area contributed by atoms with Crippen molar-refractivity contribution in [2.24, 2.45) is 5.73 Å². The molecule has 178 valence electrons. The van der Waals surface area contributed by atoms with E-state index in [1.165, 1.54) is 0 Å². The van der Waals surface area contributed by atoms with E-state index in [2.05, 4.69) is 15.6 Å². The van der Waals surface area contributed by atoms with Crippen molar-refractivity contribution in [2.75, 3.05) is 25.6 Å². The topological polar surface area (TPSA) is 108 Å². The van der Waals surface area contributed by atoms with E-state index >= 15 is 0 Å². The number of fused-ring (bicyclic) bond motifs is 2. The molecule has 3 heterocycles. The Kier molecular flexibility index (Phi) is 6.62. The van der Waals surface area contributed by atoms with Gasteiger partial charge in [0.05, 0.1) is 31.0 Å². The van der Waals surface area contributed by atoms with Crippen LogP contribution in [0.15, 0.2) is 54.7 Å². The molecule has 4 atom stereocenters. The van der Waals surface area contributed by atoms with E-state index in [1.54, 1.807) is 7.11 Å². The first-order valence-corrected chi connectivity index (χ1v) is 11.7. The van der Waals surface area contributed by atoms with Gasteiger partial charge in [0.2, 0.25) is 0 Å². The summed E-state index contributed by atoms with van der Waals surface area (Å²) in [7, 11) is 1.66. The minimum absolute atomic E-state index is 0.0204. The molecule has 3 aromatic rings. The van der Waals surface area contributed by atoms with Gasteiger partial charge in [-0.25, -0.2) is 0 Å². The van der Waals surface area contributed by atoms with Crippen LogP contribution in [0.4, 0.5) is 5.69 Å². The number of amides is 1. The van der Waals surface area contributed by atoms with Crippen LogP contribution < -0.4 is 25.8 Å². The molecule has 2 aliphatic heterocycles. The van der Waals surface area contributed by atoms with Crippen molar-refractivity contribution in [1.82, 2.24) is 10.3 Å². The molecule has 4 N–H and O–H groups in total. The molecule has 0 spiro atoms. The SMILES string of the molecule is COc1ccc2nccc(C[C@H](N)[C@@H]3CC[C@@H](NCC4Oc5ccccc5NC4=O)CO3)c2c1. The number of carbonyl (C=O) groups excluding carboxylic acids is 1. The first-order chi connectivity index (χ1) is 16.6. The summed E-state index contributed by atoms with van der Waals surface area (Å²) in [4.78, 5) is 16.8. The number of carbonyl (C=O) groups is 1. The van der Waals surface area contributed by atoms with Crippen LogP contribution in [-0.2, 0) is 16.0 Å². The summed E-state index contributed by atoms with van der Waals surface area (Å²) in [5.41, 5.74) is 9.35. The molecular formula is C26H30N4O4. The number of pyridine rings is 1. The van der Waals surface area contributed by atoms with Gasteiger partial charge in [0.15, 0.2) is 6.10 Å². The highest BCUT2D eigenvalue weighted by molar-refractivity contribution is 5.97. The number of para-hydroxylation sites is 2. The van der Waals surface area contributed by atoms with Gasteiger partial charge in [-0.3, -0.25) is 9.78 Å². The van der Waals surface area contributed by atoms with E-state index in [4.69, 9.17) is 19.9 Å². The first-order valence-electron chi connectivity index (χ1n) is 11.7. The molecule has 1 unspecified atom stereocenters. The van der Waals surface area contributed by atoms with Crippen molar-refractivity contribution in [3.63, 3.8) is 0 Å². The van der Waals surface area contributed by atoms with Gasteiger partial charge in [-0.15, -0.1) is 0 Å². The molecule has 1 amide bonds. The molecule has 0 saturated carbocycles. The summed E-state index contributed by atoms with van der Waals surface area (Å²) >= 11 is 0. The Hall–Kier alpha value is -3.20.